The molecule has 0 bridgehead atoms. The summed E-state index contributed by atoms with van der Waals surface area (Å²) >= 11 is 0. The van der Waals surface area contributed by atoms with Gasteiger partial charge < -0.3 is 10.1 Å². The molecule has 1 aromatic rings. The number of nitrogens with zero attached hydrogens (tertiary/aromatic N) is 2. The molecule has 21 heavy (non-hydrogen) atoms. The maximum Gasteiger partial charge on any atom is 0.161 e. The predicted octanol–water partition coefficient (Wildman–Crippen LogP) is 3.83. The van der Waals surface area contributed by atoms with Crippen LogP contribution in [0, 0.1) is 5.92 Å². The summed E-state index contributed by atoms with van der Waals surface area (Å²) in [7, 11) is 3.77. The number of rotatable bonds is 6. The molecule has 0 aliphatic heterocycles. The minimum Gasteiger partial charge on any atom is -0.493 e. The maximum absolute atomic E-state index is 5.55. The van der Waals surface area contributed by atoms with Crippen LogP contribution in [-0.4, -0.2) is 23.4 Å². The first-order valence-electron chi connectivity index (χ1n) is 8.57. The van der Waals surface area contributed by atoms with Gasteiger partial charge in [0.1, 0.15) is 0 Å². The van der Waals surface area contributed by atoms with Crippen molar-refractivity contribution < 1.29 is 4.74 Å². The molecule has 2 rings (SSSR count). The van der Waals surface area contributed by atoms with E-state index in [1.807, 2.05) is 17.9 Å². The molecule has 1 heterocycles. The fraction of sp³-hybridized carbons (Fsp3) is 0.824. The Kier molecular flexibility index (Phi) is 6.55. The summed E-state index contributed by atoms with van der Waals surface area (Å²) < 4.78 is 7.54. The average molecular weight is 293 g/mol. The Morgan fingerprint density at radius 1 is 1.29 bits per heavy atom. The van der Waals surface area contributed by atoms with Crippen LogP contribution in [0.1, 0.15) is 70.0 Å². The Hall–Kier alpha value is -1.03. The monoisotopic (exact) mass is 293 g/mol. The fourth-order valence-corrected chi connectivity index (χ4v) is 3.55. The van der Waals surface area contributed by atoms with E-state index in [4.69, 9.17) is 4.74 Å². The third kappa shape index (κ3) is 4.22. The molecule has 1 N–H and O–H groups in total. The molecule has 120 valence electrons. The summed E-state index contributed by atoms with van der Waals surface area (Å²) in [6.07, 6.45) is 12.5. The molecule has 1 unspecified atom stereocenters. The molecule has 4 nitrogen and oxygen atoms in total. The van der Waals surface area contributed by atoms with E-state index in [1.165, 1.54) is 50.6 Å². The Morgan fingerprint density at radius 3 is 2.57 bits per heavy atom. The second-order valence-electron chi connectivity index (χ2n) is 6.26. The van der Waals surface area contributed by atoms with E-state index in [0.29, 0.717) is 12.0 Å². The number of ether oxygens (including phenoxy) is 1. The Labute approximate surface area is 129 Å². The van der Waals surface area contributed by atoms with Gasteiger partial charge in [-0.05, 0) is 31.7 Å². The number of methoxy groups -OCH3 is 1. The number of aromatic nitrogens is 2. The third-order valence-electron chi connectivity index (χ3n) is 4.70. The summed E-state index contributed by atoms with van der Waals surface area (Å²) in [4.78, 5) is 0. The minimum absolute atomic E-state index is 0.366. The molecule has 1 fully saturated rings. The molecule has 0 amide bonds. The lowest BCUT2D eigenvalue weighted by atomic mass is 9.84. The molecule has 0 radical (unpaired) electrons. The van der Waals surface area contributed by atoms with Crippen molar-refractivity contribution in [3.05, 3.63) is 11.9 Å². The molecule has 4 heteroatoms. The average Bonchev–Trinajstić information content (AvgIpc) is 2.82. The first-order valence-corrected chi connectivity index (χ1v) is 8.57. The van der Waals surface area contributed by atoms with E-state index in [-0.39, 0.29) is 0 Å². The zero-order valence-electron chi connectivity index (χ0n) is 13.9. The molecule has 0 aromatic carbocycles. The van der Waals surface area contributed by atoms with Gasteiger partial charge in [-0.15, -0.1) is 0 Å². The van der Waals surface area contributed by atoms with Crippen LogP contribution in [0.25, 0.3) is 0 Å². The third-order valence-corrected chi connectivity index (χ3v) is 4.70. The molecule has 1 aromatic heterocycles. The summed E-state index contributed by atoms with van der Waals surface area (Å²) in [5.74, 6) is 1.62. The number of nitrogens with one attached hydrogen (secondary N) is 1. The lowest BCUT2D eigenvalue weighted by Crippen LogP contribution is -2.31. The van der Waals surface area contributed by atoms with Gasteiger partial charge in [0, 0.05) is 7.05 Å². The molecule has 0 saturated heterocycles. The minimum atomic E-state index is 0.366. The van der Waals surface area contributed by atoms with Crippen molar-refractivity contribution in [1.82, 2.24) is 15.1 Å². The van der Waals surface area contributed by atoms with Gasteiger partial charge in [0.05, 0.1) is 25.0 Å². The summed E-state index contributed by atoms with van der Waals surface area (Å²) in [5.41, 5.74) is 1.22. The Balaban J connectivity index is 2.21. The lowest BCUT2D eigenvalue weighted by molar-refractivity contribution is 0.272. The van der Waals surface area contributed by atoms with E-state index in [2.05, 4.69) is 17.3 Å². The van der Waals surface area contributed by atoms with Crippen molar-refractivity contribution in [2.24, 2.45) is 13.0 Å². The van der Waals surface area contributed by atoms with E-state index in [0.717, 1.165) is 18.7 Å². The maximum atomic E-state index is 5.55. The van der Waals surface area contributed by atoms with Crippen LogP contribution in [0.5, 0.6) is 5.75 Å². The van der Waals surface area contributed by atoms with Gasteiger partial charge in [0.25, 0.3) is 0 Å². The highest BCUT2D eigenvalue weighted by molar-refractivity contribution is 5.28. The number of hydrogen-bond donors (Lipinski definition) is 1. The van der Waals surface area contributed by atoms with Crippen molar-refractivity contribution in [2.45, 2.75) is 64.3 Å². The van der Waals surface area contributed by atoms with Crippen molar-refractivity contribution in [3.8, 4) is 5.75 Å². The van der Waals surface area contributed by atoms with Gasteiger partial charge in [-0.1, -0.05) is 39.0 Å². The van der Waals surface area contributed by atoms with Crippen LogP contribution in [0.3, 0.4) is 0 Å². The van der Waals surface area contributed by atoms with Crippen molar-refractivity contribution in [2.75, 3.05) is 13.7 Å². The van der Waals surface area contributed by atoms with Crippen LogP contribution in [-0.2, 0) is 7.05 Å². The van der Waals surface area contributed by atoms with Gasteiger partial charge >= 0.3 is 0 Å². The first-order chi connectivity index (χ1) is 10.3. The van der Waals surface area contributed by atoms with Crippen LogP contribution >= 0.6 is 0 Å². The van der Waals surface area contributed by atoms with Crippen LogP contribution in [0.2, 0.25) is 0 Å². The van der Waals surface area contributed by atoms with Crippen molar-refractivity contribution in [3.63, 3.8) is 0 Å². The molecular formula is C17H31N3O. The molecule has 1 saturated carbocycles. The zero-order valence-corrected chi connectivity index (χ0v) is 13.9. The van der Waals surface area contributed by atoms with Gasteiger partial charge in [0.15, 0.2) is 5.75 Å². The molecule has 1 aliphatic rings. The SMILES string of the molecule is CCCNC(c1c(OC)cnn1C)C1CCCCCCC1. The smallest absolute Gasteiger partial charge is 0.161 e. The van der Waals surface area contributed by atoms with Crippen molar-refractivity contribution >= 4 is 0 Å². The standard InChI is InChI=1S/C17H31N3O/c1-4-12-18-16(14-10-8-6-5-7-9-11-14)17-15(21-3)13-19-20(17)2/h13-14,16,18H,4-12H2,1-3H3. The number of hydrogen-bond acceptors (Lipinski definition) is 3. The van der Waals surface area contributed by atoms with E-state index in [9.17, 15) is 0 Å². The largest absolute Gasteiger partial charge is 0.493 e. The molecule has 0 spiro atoms. The summed E-state index contributed by atoms with van der Waals surface area (Å²) in [6.45, 7) is 3.28. The Morgan fingerprint density at radius 2 is 1.95 bits per heavy atom. The molecular weight excluding hydrogens is 262 g/mol. The fourth-order valence-electron chi connectivity index (χ4n) is 3.55. The molecule has 1 atom stereocenters. The normalized spacial score (nSPS) is 19.0. The molecule has 1 aliphatic carbocycles. The van der Waals surface area contributed by atoms with Gasteiger partial charge in [-0.3, -0.25) is 4.68 Å². The van der Waals surface area contributed by atoms with Crippen molar-refractivity contribution in [1.29, 1.82) is 0 Å². The second-order valence-corrected chi connectivity index (χ2v) is 6.26. The highest BCUT2D eigenvalue weighted by atomic mass is 16.5. The summed E-state index contributed by atoms with van der Waals surface area (Å²) in [5, 5.41) is 8.17. The van der Waals surface area contributed by atoms with Crippen LogP contribution in [0.4, 0.5) is 0 Å². The lowest BCUT2D eigenvalue weighted by Gasteiger charge is -2.30. The Bertz CT molecular complexity index is 408. The second kappa shape index (κ2) is 8.42. The van der Waals surface area contributed by atoms with Gasteiger partial charge in [-0.25, -0.2) is 0 Å². The quantitative estimate of drug-likeness (QED) is 0.866. The van der Waals surface area contributed by atoms with E-state index >= 15 is 0 Å². The van der Waals surface area contributed by atoms with E-state index in [1.54, 1.807) is 7.11 Å². The van der Waals surface area contributed by atoms with Gasteiger partial charge in [-0.2, -0.15) is 5.10 Å². The van der Waals surface area contributed by atoms with Crippen LogP contribution < -0.4 is 10.1 Å². The first kappa shape index (κ1) is 16.3. The summed E-state index contributed by atoms with van der Waals surface area (Å²) in [6, 6.07) is 0.366. The highest BCUT2D eigenvalue weighted by Gasteiger charge is 2.28. The predicted molar refractivity (Wildman–Crippen MR) is 86.6 cm³/mol. The van der Waals surface area contributed by atoms with Gasteiger partial charge in [0.2, 0.25) is 0 Å². The van der Waals surface area contributed by atoms with Crippen LogP contribution in [0.15, 0.2) is 6.20 Å². The van der Waals surface area contributed by atoms with E-state index < -0.39 is 0 Å². The number of aryl methyl sites for hydroxylation is 1. The topological polar surface area (TPSA) is 39.1 Å². The highest BCUT2D eigenvalue weighted by Crippen LogP contribution is 2.36. The zero-order chi connectivity index (χ0) is 15.1.